The molecule has 0 fully saturated rings. The van der Waals surface area contributed by atoms with Crippen LogP contribution in [0, 0.1) is 37.5 Å². The molecule has 0 aliphatic carbocycles. The number of rotatable bonds is 0. The second-order valence-corrected chi connectivity index (χ2v) is 11.1. The third-order valence-electron chi connectivity index (χ3n) is 8.43. The molecule has 7 rings (SSSR count). The van der Waals surface area contributed by atoms with Gasteiger partial charge in [0.15, 0.2) is 5.70 Å². The molecule has 0 bridgehead atoms. The van der Waals surface area contributed by atoms with E-state index in [4.69, 9.17) is 0 Å². The lowest BCUT2D eigenvalue weighted by atomic mass is 9.89. The van der Waals surface area contributed by atoms with E-state index in [2.05, 4.69) is 54.0 Å². The fourth-order valence-corrected chi connectivity index (χ4v) is 6.38. The summed E-state index contributed by atoms with van der Waals surface area (Å²) in [5.74, 6) is 13.2. The third-order valence-corrected chi connectivity index (χ3v) is 8.43. The van der Waals surface area contributed by atoms with Crippen molar-refractivity contribution >= 4 is 40.3 Å². The molecule has 4 aromatic carbocycles. The van der Waals surface area contributed by atoms with Crippen molar-refractivity contribution in [1.29, 1.82) is 0 Å². The first-order chi connectivity index (χ1) is 20.2. The van der Waals surface area contributed by atoms with Crippen LogP contribution in [0.4, 0.5) is 8.63 Å². The lowest BCUT2D eigenvalue weighted by Crippen LogP contribution is -2.50. The zero-order chi connectivity index (χ0) is 29.2. The predicted octanol–water partition coefficient (Wildman–Crippen LogP) is 8.24. The molecule has 0 radical (unpaired) electrons. The minimum absolute atomic E-state index is 0.484. The summed E-state index contributed by atoms with van der Waals surface area (Å²) in [6, 6.07) is 28.4. The summed E-state index contributed by atoms with van der Waals surface area (Å²) in [5, 5.41) is 4.60. The first kappa shape index (κ1) is 25.8. The zero-order valence-electron chi connectivity index (χ0n) is 23.9. The Balaban J connectivity index is 1.21. The minimum Gasteiger partial charge on any atom is -0.394 e. The maximum Gasteiger partial charge on any atom is 0.737 e. The summed E-state index contributed by atoms with van der Waals surface area (Å²) < 4.78 is 34.0. The van der Waals surface area contributed by atoms with E-state index in [1.807, 2.05) is 74.5 Å². The minimum atomic E-state index is -4.00. The van der Waals surface area contributed by atoms with Crippen LogP contribution >= 0.6 is 0 Å². The SMILES string of the molecule is CC1=C(C#Cc2ccc(C#Cc3c4ccccc4cc4ccccc34)cc2)C(C)=[N+]2C1=Cc1c(C)cc(C)n1[B-]2(F)F. The van der Waals surface area contributed by atoms with Crippen molar-refractivity contribution in [2.24, 2.45) is 0 Å². The number of fused-ring (bicyclic) bond motifs is 4. The molecule has 0 spiro atoms. The molecule has 2 aliphatic heterocycles. The molecular weight excluding hydrogens is 521 g/mol. The van der Waals surface area contributed by atoms with Gasteiger partial charge in [0, 0.05) is 41.0 Å². The molecule has 42 heavy (non-hydrogen) atoms. The predicted molar refractivity (Wildman–Crippen MR) is 170 cm³/mol. The van der Waals surface area contributed by atoms with Gasteiger partial charge in [0.05, 0.1) is 5.57 Å². The Labute approximate surface area is 244 Å². The number of benzene rings is 4. The van der Waals surface area contributed by atoms with Gasteiger partial charge in [-0.25, -0.2) is 0 Å². The Kier molecular flexibility index (Phi) is 5.82. The Morgan fingerprint density at radius 1 is 0.690 bits per heavy atom. The van der Waals surface area contributed by atoms with Gasteiger partial charge in [-0.15, -0.1) is 0 Å². The second-order valence-electron chi connectivity index (χ2n) is 11.1. The molecule has 202 valence electrons. The summed E-state index contributed by atoms with van der Waals surface area (Å²) in [4.78, 5) is 0. The Morgan fingerprint density at radius 2 is 1.26 bits per heavy atom. The Hall–Kier alpha value is -5.13. The van der Waals surface area contributed by atoms with E-state index in [1.54, 1.807) is 13.8 Å². The van der Waals surface area contributed by atoms with Crippen LogP contribution < -0.4 is 0 Å². The lowest BCUT2D eigenvalue weighted by Gasteiger charge is -2.30. The van der Waals surface area contributed by atoms with E-state index in [0.717, 1.165) is 38.6 Å². The van der Waals surface area contributed by atoms with E-state index in [1.165, 1.54) is 19.7 Å². The molecule has 5 aromatic rings. The van der Waals surface area contributed by atoms with Crippen LogP contribution in [-0.4, -0.2) is 21.6 Å². The van der Waals surface area contributed by atoms with Crippen LogP contribution in [0.15, 0.2) is 102 Å². The van der Waals surface area contributed by atoms with Gasteiger partial charge in [-0.05, 0) is 90.0 Å². The standard InChI is InChI=1S/C37H27BF2N2/c1-24-21-25(2)41-36(24)23-37-26(3)32(27(4)42(37)38(41,39)40)19-17-28-13-15-29(16-14-28)18-20-35-33-11-7-5-9-30(33)22-31-10-6-8-12-34(31)35/h5-16,21-23H,1-4H3. The monoisotopic (exact) mass is 548 g/mol. The highest BCUT2D eigenvalue weighted by molar-refractivity contribution is 6.58. The van der Waals surface area contributed by atoms with Crippen LogP contribution in [0.25, 0.3) is 27.6 Å². The molecule has 2 aliphatic rings. The molecule has 0 amide bonds. The number of aromatic nitrogens is 1. The van der Waals surface area contributed by atoms with Crippen molar-refractivity contribution in [2.45, 2.75) is 27.7 Å². The molecule has 5 heteroatoms. The molecule has 0 atom stereocenters. The number of hydrogen-bond donors (Lipinski definition) is 0. The van der Waals surface area contributed by atoms with E-state index >= 15 is 8.63 Å². The number of aryl methyl sites for hydroxylation is 2. The molecule has 0 unspecified atom stereocenters. The van der Waals surface area contributed by atoms with Gasteiger partial charge in [0.2, 0.25) is 0 Å². The van der Waals surface area contributed by atoms with E-state index in [0.29, 0.717) is 28.4 Å². The summed E-state index contributed by atoms with van der Waals surface area (Å²) >= 11 is 0. The normalized spacial score (nSPS) is 15.1. The van der Waals surface area contributed by atoms with Crippen molar-refractivity contribution in [2.75, 3.05) is 0 Å². The molecular formula is C37H27BF2N2. The second kappa shape index (κ2) is 9.47. The highest BCUT2D eigenvalue weighted by Crippen LogP contribution is 2.38. The van der Waals surface area contributed by atoms with Crippen LogP contribution in [-0.2, 0) is 0 Å². The average Bonchev–Trinajstić information content (AvgIpc) is 3.41. The molecule has 0 N–H and O–H groups in total. The van der Waals surface area contributed by atoms with Crippen molar-refractivity contribution in [1.82, 2.24) is 4.48 Å². The van der Waals surface area contributed by atoms with Gasteiger partial charge < -0.3 is 17.6 Å². The summed E-state index contributed by atoms with van der Waals surface area (Å²) in [7, 11) is 0. The smallest absolute Gasteiger partial charge is 0.394 e. The largest absolute Gasteiger partial charge is 0.737 e. The molecule has 0 saturated carbocycles. The van der Waals surface area contributed by atoms with Gasteiger partial charge >= 0.3 is 6.97 Å². The van der Waals surface area contributed by atoms with E-state index < -0.39 is 6.97 Å². The quantitative estimate of drug-likeness (QED) is 0.105. The van der Waals surface area contributed by atoms with Gasteiger partial charge in [0.1, 0.15) is 5.71 Å². The number of allylic oxidation sites excluding steroid dienone is 2. The first-order valence-electron chi connectivity index (χ1n) is 14.1. The van der Waals surface area contributed by atoms with Crippen LogP contribution in [0.5, 0.6) is 0 Å². The van der Waals surface area contributed by atoms with E-state index in [-0.39, 0.29) is 0 Å². The zero-order valence-corrected chi connectivity index (χ0v) is 23.9. The number of halogens is 2. The fraction of sp³-hybridized carbons (Fsp3) is 0.108. The highest BCUT2D eigenvalue weighted by atomic mass is 19.2. The molecule has 0 saturated heterocycles. The molecule has 3 heterocycles. The van der Waals surface area contributed by atoms with Crippen LogP contribution in [0.1, 0.15) is 47.5 Å². The van der Waals surface area contributed by atoms with Gasteiger partial charge in [-0.1, -0.05) is 72.2 Å². The topological polar surface area (TPSA) is 7.94 Å². The maximum absolute atomic E-state index is 15.8. The fourth-order valence-electron chi connectivity index (χ4n) is 6.38. The maximum atomic E-state index is 15.8. The third kappa shape index (κ3) is 3.93. The van der Waals surface area contributed by atoms with E-state index in [9.17, 15) is 0 Å². The highest BCUT2D eigenvalue weighted by Gasteiger charge is 2.54. The number of nitrogens with zero attached hydrogens (tertiary/aromatic N) is 2. The van der Waals surface area contributed by atoms with Gasteiger partial charge in [0.25, 0.3) is 0 Å². The van der Waals surface area contributed by atoms with Crippen LogP contribution in [0.2, 0.25) is 0 Å². The summed E-state index contributed by atoms with van der Waals surface area (Å²) in [6.45, 7) is 3.21. The molecule has 2 nitrogen and oxygen atoms in total. The van der Waals surface area contributed by atoms with Crippen molar-refractivity contribution in [3.05, 3.63) is 135 Å². The van der Waals surface area contributed by atoms with Crippen LogP contribution in [0.3, 0.4) is 0 Å². The summed E-state index contributed by atoms with van der Waals surface area (Å²) in [5.41, 5.74) is 7.12. The molecule has 1 aromatic heterocycles. The first-order valence-corrected chi connectivity index (χ1v) is 14.1. The summed E-state index contributed by atoms with van der Waals surface area (Å²) in [6.07, 6.45) is 1.86. The van der Waals surface area contributed by atoms with Crippen molar-refractivity contribution in [3.8, 4) is 23.7 Å². The van der Waals surface area contributed by atoms with Gasteiger partial charge in [-0.2, -0.15) is 0 Å². The van der Waals surface area contributed by atoms with Crippen molar-refractivity contribution < 1.29 is 13.1 Å². The Morgan fingerprint density at radius 3 is 1.88 bits per heavy atom. The van der Waals surface area contributed by atoms with Crippen molar-refractivity contribution in [3.63, 3.8) is 0 Å². The number of hydrogen-bond acceptors (Lipinski definition) is 0. The van der Waals surface area contributed by atoms with Gasteiger partial charge in [-0.3, -0.25) is 0 Å². The average molecular weight is 548 g/mol. The lowest BCUT2D eigenvalue weighted by molar-refractivity contribution is -0.363. The Bertz CT molecular complexity index is 2150.